The Balaban J connectivity index is 1.78. The molecule has 1 N–H and O–H groups in total. The molecule has 1 aromatic carbocycles. The summed E-state index contributed by atoms with van der Waals surface area (Å²) in [5.74, 6) is 0.286. The van der Waals surface area contributed by atoms with Crippen LogP contribution >= 0.6 is 11.8 Å². The van der Waals surface area contributed by atoms with Gasteiger partial charge in [0.25, 0.3) is 5.56 Å². The summed E-state index contributed by atoms with van der Waals surface area (Å²) in [7, 11) is 0. The van der Waals surface area contributed by atoms with Crippen molar-refractivity contribution in [3.8, 4) is 17.3 Å². The van der Waals surface area contributed by atoms with Crippen LogP contribution in [0.25, 0.3) is 11.3 Å². The maximum absolute atomic E-state index is 12.4. The van der Waals surface area contributed by atoms with E-state index in [-0.39, 0.29) is 17.2 Å². The van der Waals surface area contributed by atoms with Crippen LogP contribution in [-0.2, 0) is 4.79 Å². The zero-order valence-corrected chi connectivity index (χ0v) is 15.2. The van der Waals surface area contributed by atoms with Gasteiger partial charge in [0.15, 0.2) is 5.16 Å². The third kappa shape index (κ3) is 4.33. The number of benzene rings is 1. The molecule has 0 saturated carbocycles. The first-order chi connectivity index (χ1) is 12.7. The van der Waals surface area contributed by atoms with Crippen molar-refractivity contribution in [3.63, 3.8) is 0 Å². The van der Waals surface area contributed by atoms with Crippen LogP contribution in [0.4, 0.5) is 0 Å². The molecule has 134 valence electrons. The Morgan fingerprint density at radius 3 is 2.54 bits per heavy atom. The number of H-pyrrole nitrogens is 1. The van der Waals surface area contributed by atoms with Crippen molar-refractivity contribution in [2.24, 2.45) is 0 Å². The lowest BCUT2D eigenvalue weighted by Crippen LogP contribution is -2.33. The van der Waals surface area contributed by atoms with Crippen LogP contribution in [-0.4, -0.2) is 39.6 Å². The van der Waals surface area contributed by atoms with Gasteiger partial charge in [-0.25, -0.2) is 4.98 Å². The summed E-state index contributed by atoms with van der Waals surface area (Å²) in [4.78, 5) is 33.6. The van der Waals surface area contributed by atoms with Crippen molar-refractivity contribution in [3.05, 3.63) is 46.2 Å². The number of aromatic nitrogens is 2. The highest BCUT2D eigenvalue weighted by Crippen LogP contribution is 2.22. The Kier molecular flexibility index (Phi) is 6.08. The van der Waals surface area contributed by atoms with Crippen molar-refractivity contribution < 1.29 is 4.79 Å². The van der Waals surface area contributed by atoms with Gasteiger partial charge in [0.1, 0.15) is 11.6 Å². The molecule has 7 heteroatoms. The van der Waals surface area contributed by atoms with E-state index >= 15 is 0 Å². The summed E-state index contributed by atoms with van der Waals surface area (Å²) in [6.07, 6.45) is 4.42. The van der Waals surface area contributed by atoms with Crippen LogP contribution in [0.5, 0.6) is 0 Å². The molecule has 2 aromatic rings. The average Bonchev–Trinajstić information content (AvgIpc) is 2.96. The minimum absolute atomic E-state index is 0.0144. The van der Waals surface area contributed by atoms with Gasteiger partial charge in [0.05, 0.1) is 11.4 Å². The van der Waals surface area contributed by atoms with E-state index in [2.05, 4.69) is 9.97 Å². The monoisotopic (exact) mass is 368 g/mol. The predicted octanol–water partition coefficient (Wildman–Crippen LogP) is 2.80. The summed E-state index contributed by atoms with van der Waals surface area (Å²) in [6.45, 7) is 1.60. The largest absolute Gasteiger partial charge is 0.342 e. The molecule has 2 heterocycles. The summed E-state index contributed by atoms with van der Waals surface area (Å²) in [5.41, 5.74) is 0.558. The highest BCUT2D eigenvalue weighted by atomic mass is 32.2. The van der Waals surface area contributed by atoms with Crippen LogP contribution < -0.4 is 5.56 Å². The molecule has 0 aliphatic carbocycles. The van der Waals surface area contributed by atoms with Gasteiger partial charge in [-0.05, 0) is 12.8 Å². The van der Waals surface area contributed by atoms with Crippen molar-refractivity contribution in [2.75, 3.05) is 18.8 Å². The number of carbonyl (C=O) groups excluding carboxylic acids is 1. The predicted molar refractivity (Wildman–Crippen MR) is 101 cm³/mol. The SMILES string of the molecule is N#Cc1c(-c2ccccc2)nc(SCC(=O)N2CCCCCC2)[nH]c1=O. The lowest BCUT2D eigenvalue weighted by molar-refractivity contribution is -0.128. The number of likely N-dealkylation sites (tertiary alicyclic amines) is 1. The van der Waals surface area contributed by atoms with Crippen molar-refractivity contribution in [1.29, 1.82) is 5.26 Å². The molecule has 0 atom stereocenters. The van der Waals surface area contributed by atoms with Gasteiger partial charge in [0.2, 0.25) is 5.91 Å². The Hall–Kier alpha value is -2.59. The molecule has 1 aromatic heterocycles. The second kappa shape index (κ2) is 8.68. The first-order valence-electron chi connectivity index (χ1n) is 8.69. The number of amides is 1. The number of hydrogen-bond acceptors (Lipinski definition) is 5. The Bertz CT molecular complexity index is 865. The topological polar surface area (TPSA) is 89.8 Å². The zero-order valence-electron chi connectivity index (χ0n) is 14.4. The van der Waals surface area contributed by atoms with Crippen LogP contribution in [0.3, 0.4) is 0 Å². The van der Waals surface area contributed by atoms with E-state index in [1.807, 2.05) is 29.2 Å². The molecule has 26 heavy (non-hydrogen) atoms. The number of nitrogens with zero attached hydrogens (tertiary/aromatic N) is 3. The van der Waals surface area contributed by atoms with E-state index in [9.17, 15) is 14.9 Å². The zero-order chi connectivity index (χ0) is 18.4. The lowest BCUT2D eigenvalue weighted by Gasteiger charge is -2.19. The summed E-state index contributed by atoms with van der Waals surface area (Å²) in [6, 6.07) is 11.0. The second-order valence-electron chi connectivity index (χ2n) is 6.16. The van der Waals surface area contributed by atoms with E-state index in [0.717, 1.165) is 25.9 Å². The number of rotatable bonds is 4. The number of nitriles is 1. The highest BCUT2D eigenvalue weighted by molar-refractivity contribution is 7.99. The Morgan fingerprint density at radius 2 is 1.88 bits per heavy atom. The molecule has 6 nitrogen and oxygen atoms in total. The van der Waals surface area contributed by atoms with Gasteiger partial charge in [-0.2, -0.15) is 5.26 Å². The van der Waals surface area contributed by atoms with Gasteiger partial charge in [0, 0.05) is 18.7 Å². The molecule has 0 bridgehead atoms. The van der Waals surface area contributed by atoms with Crippen molar-refractivity contribution in [2.45, 2.75) is 30.8 Å². The number of carbonyl (C=O) groups is 1. The van der Waals surface area contributed by atoms with Gasteiger partial charge >= 0.3 is 0 Å². The van der Waals surface area contributed by atoms with Crippen LogP contribution in [0.1, 0.15) is 31.2 Å². The molecule has 3 rings (SSSR count). The summed E-state index contributed by atoms with van der Waals surface area (Å²) < 4.78 is 0. The average molecular weight is 368 g/mol. The maximum Gasteiger partial charge on any atom is 0.270 e. The molecular weight excluding hydrogens is 348 g/mol. The van der Waals surface area contributed by atoms with Gasteiger partial charge in [-0.15, -0.1) is 0 Å². The van der Waals surface area contributed by atoms with E-state index in [1.54, 1.807) is 12.1 Å². The number of thioether (sulfide) groups is 1. The number of aromatic amines is 1. The van der Waals surface area contributed by atoms with E-state index in [4.69, 9.17) is 0 Å². The lowest BCUT2D eigenvalue weighted by atomic mass is 10.1. The fourth-order valence-electron chi connectivity index (χ4n) is 2.97. The number of nitrogens with one attached hydrogen (secondary N) is 1. The third-order valence-corrected chi connectivity index (χ3v) is 5.21. The molecule has 0 radical (unpaired) electrons. The second-order valence-corrected chi connectivity index (χ2v) is 7.12. The van der Waals surface area contributed by atoms with Gasteiger partial charge in [-0.3, -0.25) is 9.59 Å². The van der Waals surface area contributed by atoms with Gasteiger partial charge in [-0.1, -0.05) is 54.9 Å². The summed E-state index contributed by atoms with van der Waals surface area (Å²) in [5, 5.41) is 9.65. The minimum atomic E-state index is -0.480. The summed E-state index contributed by atoms with van der Waals surface area (Å²) >= 11 is 1.20. The standard InChI is InChI=1S/C19H20N4O2S/c20-12-15-17(14-8-4-3-5-9-14)21-19(22-18(15)25)26-13-16(24)23-10-6-1-2-7-11-23/h3-5,8-9H,1-2,6-7,10-11,13H2,(H,21,22,25). The van der Waals surface area contributed by atoms with E-state index in [0.29, 0.717) is 16.4 Å². The van der Waals surface area contributed by atoms with Gasteiger partial charge < -0.3 is 9.88 Å². The molecule has 0 unspecified atom stereocenters. The molecule has 1 fully saturated rings. The molecule has 1 aliphatic heterocycles. The van der Waals surface area contributed by atoms with Crippen LogP contribution in [0.2, 0.25) is 0 Å². The van der Waals surface area contributed by atoms with Crippen molar-refractivity contribution >= 4 is 17.7 Å². The third-order valence-electron chi connectivity index (χ3n) is 4.35. The molecule has 1 amide bonds. The minimum Gasteiger partial charge on any atom is -0.342 e. The normalized spacial score (nSPS) is 14.5. The van der Waals surface area contributed by atoms with Crippen LogP contribution in [0, 0.1) is 11.3 Å². The van der Waals surface area contributed by atoms with E-state index in [1.165, 1.54) is 24.6 Å². The molecule has 0 spiro atoms. The Morgan fingerprint density at radius 1 is 1.19 bits per heavy atom. The Labute approximate surface area is 156 Å². The highest BCUT2D eigenvalue weighted by Gasteiger charge is 2.18. The van der Waals surface area contributed by atoms with E-state index < -0.39 is 5.56 Å². The molecular formula is C19H20N4O2S. The quantitative estimate of drug-likeness (QED) is 0.662. The van der Waals surface area contributed by atoms with Crippen LogP contribution in [0.15, 0.2) is 40.3 Å². The van der Waals surface area contributed by atoms with Crippen molar-refractivity contribution in [1.82, 2.24) is 14.9 Å². The molecule has 1 aliphatic rings. The first-order valence-corrected chi connectivity index (χ1v) is 9.68. The fourth-order valence-corrected chi connectivity index (χ4v) is 3.73. The first kappa shape index (κ1) is 18.2. The number of hydrogen-bond donors (Lipinski definition) is 1. The maximum atomic E-state index is 12.4. The molecule has 1 saturated heterocycles. The fraction of sp³-hybridized carbons (Fsp3) is 0.368. The smallest absolute Gasteiger partial charge is 0.270 e.